The highest BCUT2D eigenvalue weighted by Gasteiger charge is 2.33. The maximum atomic E-state index is 14.1. The molecule has 39 heavy (non-hydrogen) atoms. The van der Waals surface area contributed by atoms with E-state index in [9.17, 15) is 18.0 Å². The van der Waals surface area contributed by atoms with Gasteiger partial charge in [-0.25, -0.2) is 8.42 Å². The molecule has 0 aliphatic heterocycles. The van der Waals surface area contributed by atoms with Crippen LogP contribution in [0.3, 0.4) is 0 Å². The first-order valence-corrected chi connectivity index (χ1v) is 15.4. The second-order valence-corrected chi connectivity index (χ2v) is 12.9. The second-order valence-electron chi connectivity index (χ2n) is 10.1. The van der Waals surface area contributed by atoms with Crippen LogP contribution in [0.5, 0.6) is 0 Å². The Balaban J connectivity index is 2.08. The monoisotopic (exact) mass is 613 g/mol. The number of anilines is 1. The minimum atomic E-state index is -3.81. The number of halogens is 1. The number of nitrogens with zero attached hydrogens (tertiary/aromatic N) is 2. The van der Waals surface area contributed by atoms with Crippen LogP contribution < -0.4 is 9.62 Å². The van der Waals surface area contributed by atoms with Gasteiger partial charge in [0.25, 0.3) is 0 Å². The Morgan fingerprint density at radius 3 is 2.21 bits per heavy atom. The fourth-order valence-electron chi connectivity index (χ4n) is 4.35. The van der Waals surface area contributed by atoms with Crippen molar-refractivity contribution in [3.63, 3.8) is 0 Å². The molecule has 0 fully saturated rings. The summed E-state index contributed by atoms with van der Waals surface area (Å²) in [4.78, 5) is 29.2. The van der Waals surface area contributed by atoms with Gasteiger partial charge < -0.3 is 10.2 Å². The van der Waals surface area contributed by atoms with Crippen LogP contribution in [-0.4, -0.2) is 50.0 Å². The third-order valence-electron chi connectivity index (χ3n) is 6.26. The lowest BCUT2D eigenvalue weighted by Gasteiger charge is -2.34. The van der Waals surface area contributed by atoms with Gasteiger partial charge in [0, 0.05) is 23.5 Å². The van der Waals surface area contributed by atoms with Gasteiger partial charge in [0.15, 0.2) is 0 Å². The molecule has 3 aromatic carbocycles. The third-order valence-corrected chi connectivity index (χ3v) is 7.88. The van der Waals surface area contributed by atoms with Crippen molar-refractivity contribution in [3.05, 3.63) is 99.5 Å². The van der Waals surface area contributed by atoms with E-state index in [1.54, 1.807) is 6.07 Å². The van der Waals surface area contributed by atoms with Crippen molar-refractivity contribution in [1.29, 1.82) is 0 Å². The summed E-state index contributed by atoms with van der Waals surface area (Å²) in [5.74, 6) is -0.768. The molecule has 0 unspecified atom stereocenters. The zero-order valence-electron chi connectivity index (χ0n) is 23.0. The molecular weight excluding hydrogens is 578 g/mol. The predicted octanol–water partition coefficient (Wildman–Crippen LogP) is 5.00. The molecule has 1 N–H and O–H groups in total. The van der Waals surface area contributed by atoms with E-state index in [-0.39, 0.29) is 24.9 Å². The highest BCUT2D eigenvalue weighted by atomic mass is 79.9. The second kappa shape index (κ2) is 13.3. The molecule has 9 heteroatoms. The molecular formula is C30H36BrN3O4S. The van der Waals surface area contributed by atoms with E-state index >= 15 is 0 Å². The Morgan fingerprint density at radius 1 is 0.923 bits per heavy atom. The number of hydrogen-bond donors (Lipinski definition) is 1. The molecule has 0 aliphatic carbocycles. The fourth-order valence-corrected chi connectivity index (χ4v) is 5.70. The molecule has 0 saturated carbocycles. The summed E-state index contributed by atoms with van der Waals surface area (Å²) in [5, 5.41) is 2.95. The minimum absolute atomic E-state index is 0.131. The van der Waals surface area contributed by atoms with E-state index in [1.807, 2.05) is 94.4 Å². The van der Waals surface area contributed by atoms with E-state index in [1.165, 1.54) is 4.90 Å². The maximum absolute atomic E-state index is 14.1. The van der Waals surface area contributed by atoms with Crippen molar-refractivity contribution in [1.82, 2.24) is 10.2 Å². The van der Waals surface area contributed by atoms with E-state index in [0.717, 1.165) is 37.3 Å². The summed E-state index contributed by atoms with van der Waals surface area (Å²) in [7, 11) is -3.81. The Kier molecular flexibility index (Phi) is 10.3. The lowest BCUT2D eigenvalue weighted by molar-refractivity contribution is -0.140. The zero-order chi connectivity index (χ0) is 28.7. The summed E-state index contributed by atoms with van der Waals surface area (Å²) in [6.45, 7) is 7.11. The van der Waals surface area contributed by atoms with Crippen LogP contribution in [0.4, 0.5) is 5.69 Å². The molecule has 0 radical (unpaired) electrons. The molecule has 208 valence electrons. The highest BCUT2D eigenvalue weighted by Crippen LogP contribution is 2.25. The summed E-state index contributed by atoms with van der Waals surface area (Å²) >= 11 is 3.48. The lowest BCUT2D eigenvalue weighted by Crippen LogP contribution is -2.54. The number of benzene rings is 3. The van der Waals surface area contributed by atoms with Gasteiger partial charge in [-0.1, -0.05) is 70.5 Å². The Morgan fingerprint density at radius 2 is 1.59 bits per heavy atom. The molecule has 0 aliphatic rings. The van der Waals surface area contributed by atoms with Gasteiger partial charge in [0.2, 0.25) is 21.8 Å². The van der Waals surface area contributed by atoms with Crippen molar-refractivity contribution in [2.45, 2.75) is 52.7 Å². The molecule has 0 heterocycles. The zero-order valence-corrected chi connectivity index (χ0v) is 25.4. The first-order chi connectivity index (χ1) is 18.3. The quantitative estimate of drug-likeness (QED) is 0.330. The van der Waals surface area contributed by atoms with Crippen LogP contribution in [0.15, 0.2) is 77.3 Å². The molecule has 1 atom stereocenters. The van der Waals surface area contributed by atoms with Gasteiger partial charge in [0.1, 0.15) is 12.6 Å². The molecule has 0 aromatic heterocycles. The number of amides is 2. The number of carbonyl (C=O) groups is 2. The summed E-state index contributed by atoms with van der Waals surface area (Å²) in [6, 6.07) is 21.5. The number of aryl methyl sites for hydroxylation is 2. The van der Waals surface area contributed by atoms with Gasteiger partial charge in [-0.15, -0.1) is 0 Å². The van der Waals surface area contributed by atoms with Crippen molar-refractivity contribution >= 4 is 43.5 Å². The molecule has 7 nitrogen and oxygen atoms in total. The molecule has 3 rings (SSSR count). The molecule has 0 bridgehead atoms. The van der Waals surface area contributed by atoms with Gasteiger partial charge in [-0.3, -0.25) is 13.9 Å². The largest absolute Gasteiger partial charge is 0.352 e. The molecule has 0 spiro atoms. The van der Waals surface area contributed by atoms with Gasteiger partial charge in [0.05, 0.1) is 11.9 Å². The van der Waals surface area contributed by atoms with E-state index in [0.29, 0.717) is 5.69 Å². The average molecular weight is 615 g/mol. The minimum Gasteiger partial charge on any atom is -0.352 e. The Hall–Kier alpha value is -3.17. The number of rotatable bonds is 11. The first kappa shape index (κ1) is 30.4. The van der Waals surface area contributed by atoms with Crippen molar-refractivity contribution in [3.8, 4) is 0 Å². The third kappa shape index (κ3) is 8.66. The standard InChI is InChI=1S/C30H36BrN3O4S/c1-21(2)32-30(36)28(18-24-10-7-6-8-11-24)33(19-25-12-9-13-26(31)17-25)29(35)20-34(39(5,37)38)27-16-22(3)14-15-23(27)4/h6-17,21,28H,18-20H2,1-5H3,(H,32,36)/t28-/m1/s1. The van der Waals surface area contributed by atoms with Crippen LogP contribution in [0.25, 0.3) is 0 Å². The van der Waals surface area contributed by atoms with Crippen LogP contribution in [0.2, 0.25) is 0 Å². The summed E-state index contributed by atoms with van der Waals surface area (Å²) in [5.41, 5.74) is 3.75. The topological polar surface area (TPSA) is 86.8 Å². The molecule has 0 saturated heterocycles. The SMILES string of the molecule is Cc1ccc(C)c(N(CC(=O)N(Cc2cccc(Br)c2)[C@H](Cc2ccccc2)C(=O)NC(C)C)S(C)(=O)=O)c1. The average Bonchev–Trinajstić information content (AvgIpc) is 2.85. The van der Waals surface area contributed by atoms with Crippen LogP contribution in [0, 0.1) is 13.8 Å². The number of carbonyl (C=O) groups excluding carboxylic acids is 2. The van der Waals surface area contributed by atoms with Crippen LogP contribution >= 0.6 is 15.9 Å². The lowest BCUT2D eigenvalue weighted by atomic mass is 10.0. The number of sulfonamides is 1. The predicted molar refractivity (Wildman–Crippen MR) is 160 cm³/mol. The van der Waals surface area contributed by atoms with Gasteiger partial charge >= 0.3 is 0 Å². The van der Waals surface area contributed by atoms with Crippen molar-refractivity contribution in [2.24, 2.45) is 0 Å². The smallest absolute Gasteiger partial charge is 0.244 e. The van der Waals surface area contributed by atoms with E-state index in [2.05, 4.69) is 21.2 Å². The molecule has 2 amide bonds. The Bertz CT molecular complexity index is 1410. The van der Waals surface area contributed by atoms with E-state index < -0.39 is 28.5 Å². The highest BCUT2D eigenvalue weighted by molar-refractivity contribution is 9.10. The fraction of sp³-hybridized carbons (Fsp3) is 0.333. The van der Waals surface area contributed by atoms with Gasteiger partial charge in [-0.05, 0) is 68.1 Å². The van der Waals surface area contributed by atoms with Crippen LogP contribution in [0.1, 0.15) is 36.1 Å². The normalized spacial score (nSPS) is 12.2. The maximum Gasteiger partial charge on any atom is 0.244 e. The molecule has 3 aromatic rings. The summed E-state index contributed by atoms with van der Waals surface area (Å²) < 4.78 is 27.9. The van der Waals surface area contributed by atoms with Crippen molar-refractivity contribution < 1.29 is 18.0 Å². The number of nitrogens with one attached hydrogen (secondary N) is 1. The summed E-state index contributed by atoms with van der Waals surface area (Å²) in [6.07, 6.45) is 1.37. The van der Waals surface area contributed by atoms with E-state index in [4.69, 9.17) is 0 Å². The first-order valence-electron chi connectivity index (χ1n) is 12.8. The Labute approximate surface area is 240 Å². The van der Waals surface area contributed by atoms with Crippen LogP contribution in [-0.2, 0) is 32.6 Å². The van der Waals surface area contributed by atoms with Crippen molar-refractivity contribution in [2.75, 3.05) is 17.1 Å². The number of hydrogen-bond acceptors (Lipinski definition) is 4. The van der Waals surface area contributed by atoms with Gasteiger partial charge in [-0.2, -0.15) is 0 Å².